The van der Waals surface area contributed by atoms with Gasteiger partial charge in [0.05, 0.1) is 10.8 Å². The minimum Gasteiger partial charge on any atom is -0.326 e. The number of nitro benzene ring substituents is 1. The number of nitrogens with one attached hydrogen (secondary N) is 2. The molecular formula is C14H17N3O3. The Balaban J connectivity index is 1.70. The Bertz CT molecular complexity index is 573. The Morgan fingerprint density at radius 2 is 2.25 bits per heavy atom. The molecule has 1 amide bonds. The van der Waals surface area contributed by atoms with Gasteiger partial charge in [-0.15, -0.1) is 0 Å². The molecule has 6 heteroatoms. The SMILES string of the molecule is Cc1cc(NC(=O)C2CC3CCC2N3)ccc1[N+](=O)[O-]. The summed E-state index contributed by atoms with van der Waals surface area (Å²) in [4.78, 5) is 22.6. The van der Waals surface area contributed by atoms with Crippen molar-refractivity contribution in [2.24, 2.45) is 5.92 Å². The summed E-state index contributed by atoms with van der Waals surface area (Å²) in [7, 11) is 0. The van der Waals surface area contributed by atoms with Crippen LogP contribution >= 0.6 is 0 Å². The minimum absolute atomic E-state index is 0.0120. The molecule has 0 radical (unpaired) electrons. The molecule has 6 nitrogen and oxygen atoms in total. The van der Waals surface area contributed by atoms with Crippen LogP contribution in [-0.4, -0.2) is 22.9 Å². The van der Waals surface area contributed by atoms with Crippen LogP contribution in [0.2, 0.25) is 0 Å². The van der Waals surface area contributed by atoms with E-state index in [1.165, 1.54) is 6.07 Å². The molecule has 2 N–H and O–H groups in total. The fourth-order valence-corrected chi connectivity index (χ4v) is 3.29. The van der Waals surface area contributed by atoms with Gasteiger partial charge in [-0.25, -0.2) is 0 Å². The van der Waals surface area contributed by atoms with Gasteiger partial charge in [0.2, 0.25) is 5.91 Å². The molecule has 0 aliphatic carbocycles. The molecule has 3 atom stereocenters. The fourth-order valence-electron chi connectivity index (χ4n) is 3.29. The van der Waals surface area contributed by atoms with Crippen molar-refractivity contribution >= 4 is 17.3 Å². The van der Waals surface area contributed by atoms with Crippen molar-refractivity contribution < 1.29 is 9.72 Å². The average molecular weight is 275 g/mol. The maximum absolute atomic E-state index is 12.2. The molecule has 3 unspecified atom stereocenters. The number of anilines is 1. The molecule has 1 aromatic carbocycles. The van der Waals surface area contributed by atoms with E-state index in [4.69, 9.17) is 0 Å². The average Bonchev–Trinajstić information content (AvgIpc) is 3.00. The molecule has 2 aliphatic rings. The summed E-state index contributed by atoms with van der Waals surface area (Å²) in [6.07, 6.45) is 3.11. The molecule has 20 heavy (non-hydrogen) atoms. The van der Waals surface area contributed by atoms with Crippen LogP contribution in [0, 0.1) is 23.0 Å². The van der Waals surface area contributed by atoms with E-state index in [0.29, 0.717) is 23.3 Å². The van der Waals surface area contributed by atoms with Gasteiger partial charge in [0.15, 0.2) is 0 Å². The zero-order chi connectivity index (χ0) is 14.3. The number of hydrogen-bond acceptors (Lipinski definition) is 4. The predicted molar refractivity (Wildman–Crippen MR) is 74.5 cm³/mol. The van der Waals surface area contributed by atoms with Crippen molar-refractivity contribution in [3.8, 4) is 0 Å². The van der Waals surface area contributed by atoms with Crippen LogP contribution in [0.25, 0.3) is 0 Å². The second-order valence-corrected chi connectivity index (χ2v) is 5.64. The second-order valence-electron chi connectivity index (χ2n) is 5.64. The third-order valence-electron chi connectivity index (χ3n) is 4.30. The molecule has 2 aliphatic heterocycles. The molecule has 1 aromatic rings. The van der Waals surface area contributed by atoms with E-state index in [1.807, 2.05) is 0 Å². The number of benzene rings is 1. The van der Waals surface area contributed by atoms with E-state index in [1.54, 1.807) is 19.1 Å². The number of nitrogens with zero attached hydrogens (tertiary/aromatic N) is 1. The van der Waals surface area contributed by atoms with Crippen LogP contribution in [0.1, 0.15) is 24.8 Å². The summed E-state index contributed by atoms with van der Waals surface area (Å²) in [6, 6.07) is 5.44. The van der Waals surface area contributed by atoms with Gasteiger partial charge in [0.25, 0.3) is 5.69 Å². The van der Waals surface area contributed by atoms with Crippen molar-refractivity contribution in [3.63, 3.8) is 0 Å². The summed E-state index contributed by atoms with van der Waals surface area (Å²) in [5.74, 6) is 0.0298. The molecule has 3 rings (SSSR count). The van der Waals surface area contributed by atoms with Crippen molar-refractivity contribution in [1.29, 1.82) is 0 Å². The van der Waals surface area contributed by atoms with E-state index >= 15 is 0 Å². The van der Waals surface area contributed by atoms with E-state index in [9.17, 15) is 14.9 Å². The molecule has 2 fully saturated rings. The lowest BCUT2D eigenvalue weighted by atomic mass is 9.88. The molecule has 2 heterocycles. The van der Waals surface area contributed by atoms with Gasteiger partial charge in [0.1, 0.15) is 0 Å². The highest BCUT2D eigenvalue weighted by atomic mass is 16.6. The normalized spacial score (nSPS) is 27.6. The second kappa shape index (κ2) is 4.86. The van der Waals surface area contributed by atoms with E-state index in [-0.39, 0.29) is 17.5 Å². The van der Waals surface area contributed by atoms with Crippen LogP contribution < -0.4 is 10.6 Å². The highest BCUT2D eigenvalue weighted by Gasteiger charge is 2.42. The van der Waals surface area contributed by atoms with Crippen molar-refractivity contribution in [2.45, 2.75) is 38.3 Å². The smallest absolute Gasteiger partial charge is 0.272 e. The van der Waals surface area contributed by atoms with Gasteiger partial charge < -0.3 is 10.6 Å². The monoisotopic (exact) mass is 275 g/mol. The Morgan fingerprint density at radius 1 is 1.45 bits per heavy atom. The van der Waals surface area contributed by atoms with Gasteiger partial charge in [-0.3, -0.25) is 14.9 Å². The topological polar surface area (TPSA) is 84.3 Å². The number of hydrogen-bond donors (Lipinski definition) is 2. The molecule has 0 saturated carbocycles. The highest BCUT2D eigenvalue weighted by Crippen LogP contribution is 2.34. The summed E-state index contributed by atoms with van der Waals surface area (Å²) in [6.45, 7) is 1.67. The molecule has 2 bridgehead atoms. The third-order valence-corrected chi connectivity index (χ3v) is 4.30. The van der Waals surface area contributed by atoms with Gasteiger partial charge >= 0.3 is 0 Å². The quantitative estimate of drug-likeness (QED) is 0.652. The Labute approximate surface area is 116 Å². The molecule has 0 spiro atoms. The summed E-state index contributed by atoms with van der Waals surface area (Å²) in [5, 5.41) is 17.1. The summed E-state index contributed by atoms with van der Waals surface area (Å²) < 4.78 is 0. The predicted octanol–water partition coefficient (Wildman–Crippen LogP) is 1.98. The van der Waals surface area contributed by atoms with Gasteiger partial charge in [-0.05, 0) is 38.3 Å². The first kappa shape index (κ1) is 13.1. The van der Waals surface area contributed by atoms with E-state index in [0.717, 1.165) is 19.3 Å². The zero-order valence-electron chi connectivity index (χ0n) is 11.3. The number of fused-ring (bicyclic) bond motifs is 2. The Morgan fingerprint density at radius 3 is 2.80 bits per heavy atom. The van der Waals surface area contributed by atoms with Crippen molar-refractivity contribution in [2.75, 3.05) is 5.32 Å². The standard InChI is InChI=1S/C14H17N3O3/c1-8-6-9(3-5-13(8)17(19)20)16-14(18)11-7-10-2-4-12(11)15-10/h3,5-6,10-12,15H,2,4,7H2,1H3,(H,16,18). The van der Waals surface area contributed by atoms with Crippen LogP contribution in [0.4, 0.5) is 11.4 Å². The van der Waals surface area contributed by atoms with Crippen LogP contribution in [0.5, 0.6) is 0 Å². The fraction of sp³-hybridized carbons (Fsp3) is 0.500. The maximum atomic E-state index is 12.2. The summed E-state index contributed by atoms with van der Waals surface area (Å²) >= 11 is 0. The first-order valence-corrected chi connectivity index (χ1v) is 6.86. The Kier molecular flexibility index (Phi) is 3.17. The third kappa shape index (κ3) is 2.27. The highest BCUT2D eigenvalue weighted by molar-refractivity contribution is 5.93. The Hall–Kier alpha value is -1.95. The van der Waals surface area contributed by atoms with Crippen molar-refractivity contribution in [1.82, 2.24) is 5.32 Å². The van der Waals surface area contributed by atoms with Crippen LogP contribution in [0.15, 0.2) is 18.2 Å². The lowest BCUT2D eigenvalue weighted by Crippen LogP contribution is -2.32. The lowest BCUT2D eigenvalue weighted by molar-refractivity contribution is -0.385. The van der Waals surface area contributed by atoms with Crippen molar-refractivity contribution in [3.05, 3.63) is 33.9 Å². The van der Waals surface area contributed by atoms with Gasteiger partial charge in [-0.1, -0.05) is 0 Å². The largest absolute Gasteiger partial charge is 0.326 e. The van der Waals surface area contributed by atoms with E-state index < -0.39 is 4.92 Å². The number of nitro groups is 1. The molecule has 0 aromatic heterocycles. The first-order chi connectivity index (χ1) is 9.54. The maximum Gasteiger partial charge on any atom is 0.272 e. The summed E-state index contributed by atoms with van der Waals surface area (Å²) in [5.41, 5.74) is 1.25. The van der Waals surface area contributed by atoms with E-state index in [2.05, 4.69) is 10.6 Å². The van der Waals surface area contributed by atoms with Gasteiger partial charge in [-0.2, -0.15) is 0 Å². The number of carbonyl (C=O) groups excluding carboxylic acids is 1. The molecular weight excluding hydrogens is 258 g/mol. The lowest BCUT2D eigenvalue weighted by Gasteiger charge is -2.19. The van der Waals surface area contributed by atoms with Crippen LogP contribution in [-0.2, 0) is 4.79 Å². The number of carbonyl (C=O) groups is 1. The first-order valence-electron chi connectivity index (χ1n) is 6.86. The number of aryl methyl sites for hydroxylation is 1. The number of amides is 1. The van der Waals surface area contributed by atoms with Crippen LogP contribution in [0.3, 0.4) is 0 Å². The minimum atomic E-state index is -0.416. The molecule has 2 saturated heterocycles. The molecule has 106 valence electrons. The zero-order valence-corrected chi connectivity index (χ0v) is 11.3. The number of rotatable bonds is 3. The van der Waals surface area contributed by atoms with Gasteiger partial charge in [0, 0.05) is 29.4 Å².